The number of aliphatic hydroxyl groups is 2. The van der Waals surface area contributed by atoms with Gasteiger partial charge in [0.15, 0.2) is 0 Å². The lowest BCUT2D eigenvalue weighted by Crippen LogP contribution is -2.45. The molecule has 0 aliphatic carbocycles. The Hall–Kier alpha value is -1.61. The maximum absolute atomic E-state index is 13.2. The van der Waals surface area contributed by atoms with Gasteiger partial charge in [0.2, 0.25) is 0 Å². The molecule has 7 nitrogen and oxygen atoms in total. The number of nitrogens with zero attached hydrogens (tertiary/aromatic N) is 1. The van der Waals surface area contributed by atoms with Gasteiger partial charge in [-0.3, -0.25) is 9.59 Å². The predicted octanol–water partition coefficient (Wildman–Crippen LogP) is 4.87. The van der Waals surface area contributed by atoms with E-state index >= 15 is 0 Å². The standard InChI is InChI=1S/C28H43NO6S/c1-8-28-14-21(17(3)12-20-15-36-19(5)29-20)34-24(31)13-22(30)27(6,7)26(33)18(4)25(32)16(2)10-9-11-23(28)35-28/h12,15-16,18,21-23,25,30,32H,8-11,13-14H2,1-7H3/t16-,18+,21-,22-,23-,25-,28-/m0/s1. The third kappa shape index (κ3) is 6.44. The van der Waals surface area contributed by atoms with Crippen molar-refractivity contribution >= 4 is 29.2 Å². The average molecular weight is 522 g/mol. The molecule has 3 heterocycles. The van der Waals surface area contributed by atoms with E-state index in [1.807, 2.05) is 32.2 Å². The Bertz CT molecular complexity index is 971. The first-order valence-electron chi connectivity index (χ1n) is 13.2. The van der Waals surface area contributed by atoms with Crippen LogP contribution in [-0.2, 0) is 19.1 Å². The number of Topliss-reactive ketones (excluding diaryl/α,β-unsaturated/α-hetero) is 1. The van der Waals surface area contributed by atoms with Gasteiger partial charge in [0.05, 0.1) is 46.5 Å². The van der Waals surface area contributed by atoms with Crippen LogP contribution in [0, 0.1) is 24.2 Å². The number of carbonyl (C=O) groups is 2. The second-order valence-electron chi connectivity index (χ2n) is 11.4. The lowest BCUT2D eigenvalue weighted by molar-refractivity contribution is -0.154. The van der Waals surface area contributed by atoms with E-state index < -0.39 is 35.6 Å². The summed E-state index contributed by atoms with van der Waals surface area (Å²) in [6.07, 6.45) is 2.96. The molecule has 1 aromatic heterocycles. The number of aromatic nitrogens is 1. The molecule has 2 saturated heterocycles. The Labute approximate surface area is 219 Å². The molecule has 0 saturated carbocycles. The van der Waals surface area contributed by atoms with Crippen molar-refractivity contribution in [1.82, 2.24) is 4.98 Å². The summed E-state index contributed by atoms with van der Waals surface area (Å²) >= 11 is 1.56. The number of aliphatic hydroxyl groups excluding tert-OH is 2. The molecule has 8 heteroatoms. The van der Waals surface area contributed by atoms with Crippen LogP contribution in [-0.4, -0.2) is 57.0 Å². The Morgan fingerprint density at radius 2 is 1.94 bits per heavy atom. The smallest absolute Gasteiger partial charge is 0.309 e. The molecule has 7 atom stereocenters. The summed E-state index contributed by atoms with van der Waals surface area (Å²) in [5.74, 6) is -1.53. The zero-order valence-electron chi connectivity index (χ0n) is 22.7. The van der Waals surface area contributed by atoms with Crippen molar-refractivity contribution in [2.24, 2.45) is 17.3 Å². The number of thiazole rings is 1. The van der Waals surface area contributed by atoms with Crippen molar-refractivity contribution in [3.05, 3.63) is 21.7 Å². The van der Waals surface area contributed by atoms with E-state index in [4.69, 9.17) is 9.47 Å². The minimum atomic E-state index is -1.23. The van der Waals surface area contributed by atoms with Crippen LogP contribution < -0.4 is 0 Å². The number of rotatable bonds is 3. The molecule has 0 spiro atoms. The van der Waals surface area contributed by atoms with Crippen molar-refractivity contribution < 1.29 is 29.3 Å². The maximum Gasteiger partial charge on any atom is 0.309 e. The van der Waals surface area contributed by atoms with Crippen LogP contribution in [0.15, 0.2) is 11.0 Å². The van der Waals surface area contributed by atoms with Crippen LogP contribution >= 0.6 is 11.3 Å². The van der Waals surface area contributed by atoms with Gasteiger partial charge in [0.25, 0.3) is 0 Å². The molecule has 2 aliphatic heterocycles. The van der Waals surface area contributed by atoms with Gasteiger partial charge < -0.3 is 19.7 Å². The van der Waals surface area contributed by atoms with E-state index in [1.54, 1.807) is 32.1 Å². The van der Waals surface area contributed by atoms with Gasteiger partial charge >= 0.3 is 5.97 Å². The number of cyclic esters (lactones) is 1. The zero-order valence-corrected chi connectivity index (χ0v) is 23.6. The number of esters is 1. The van der Waals surface area contributed by atoms with Crippen molar-refractivity contribution in [2.75, 3.05) is 0 Å². The van der Waals surface area contributed by atoms with Gasteiger partial charge in [-0.05, 0) is 50.7 Å². The average Bonchev–Trinajstić information content (AvgIpc) is 3.35. The van der Waals surface area contributed by atoms with E-state index in [-0.39, 0.29) is 29.8 Å². The number of fused-ring (bicyclic) bond motifs is 1. The fourth-order valence-electron chi connectivity index (χ4n) is 5.40. The predicted molar refractivity (Wildman–Crippen MR) is 140 cm³/mol. The first kappa shape index (κ1) is 29.0. The van der Waals surface area contributed by atoms with Gasteiger partial charge in [0.1, 0.15) is 11.9 Å². The van der Waals surface area contributed by atoms with E-state index in [9.17, 15) is 19.8 Å². The van der Waals surface area contributed by atoms with Crippen molar-refractivity contribution in [3.8, 4) is 0 Å². The topological polar surface area (TPSA) is 109 Å². The summed E-state index contributed by atoms with van der Waals surface area (Å²) in [7, 11) is 0. The van der Waals surface area contributed by atoms with Gasteiger partial charge in [0, 0.05) is 17.7 Å². The molecule has 202 valence electrons. The van der Waals surface area contributed by atoms with E-state index in [1.165, 1.54) is 0 Å². The first-order chi connectivity index (χ1) is 16.8. The van der Waals surface area contributed by atoms with Crippen molar-refractivity contribution in [2.45, 2.75) is 117 Å². The van der Waals surface area contributed by atoms with E-state index in [2.05, 4.69) is 11.9 Å². The van der Waals surface area contributed by atoms with Crippen molar-refractivity contribution in [3.63, 3.8) is 0 Å². The van der Waals surface area contributed by atoms with Gasteiger partial charge in [-0.1, -0.05) is 41.0 Å². The second-order valence-corrected chi connectivity index (χ2v) is 12.4. The third-order valence-electron chi connectivity index (χ3n) is 8.29. The minimum absolute atomic E-state index is 0.0657. The third-order valence-corrected chi connectivity index (χ3v) is 9.08. The lowest BCUT2D eigenvalue weighted by Gasteiger charge is -2.34. The van der Waals surface area contributed by atoms with Gasteiger partial charge in [-0.25, -0.2) is 4.98 Å². The second kappa shape index (κ2) is 11.4. The summed E-state index contributed by atoms with van der Waals surface area (Å²) in [6, 6.07) is 0. The lowest BCUT2D eigenvalue weighted by atomic mass is 9.73. The SMILES string of the molecule is CC[C@]12C[C@@H](C(C)=Cc3csc(C)n3)OC(=O)C[C@H](O)C(C)(C)C(=O)[C@H](C)[C@@H](O)[C@@H](C)CCC[C@@H]1O2. The highest BCUT2D eigenvalue weighted by atomic mass is 32.1. The molecule has 0 bridgehead atoms. The van der Waals surface area contributed by atoms with Crippen LogP contribution in [0.1, 0.15) is 90.8 Å². The Morgan fingerprint density at radius 1 is 1.25 bits per heavy atom. The number of carbonyl (C=O) groups excluding carboxylic acids is 2. The Morgan fingerprint density at radius 3 is 2.56 bits per heavy atom. The molecule has 0 aromatic carbocycles. The minimum Gasteiger partial charge on any atom is -0.458 e. The van der Waals surface area contributed by atoms with E-state index in [0.29, 0.717) is 6.42 Å². The zero-order chi connectivity index (χ0) is 26.8. The summed E-state index contributed by atoms with van der Waals surface area (Å²) in [5.41, 5.74) is 0.125. The number of ether oxygens (including phenoxy) is 2. The molecular formula is C28H43NO6S. The van der Waals surface area contributed by atoms with Gasteiger partial charge in [-0.2, -0.15) is 0 Å². The highest BCUT2D eigenvalue weighted by molar-refractivity contribution is 7.09. The molecule has 2 fully saturated rings. The molecule has 2 aliphatic rings. The molecule has 3 rings (SSSR count). The summed E-state index contributed by atoms with van der Waals surface area (Å²) in [5, 5.41) is 24.7. The number of aryl methyl sites for hydroxylation is 1. The van der Waals surface area contributed by atoms with Crippen LogP contribution in [0.25, 0.3) is 6.08 Å². The van der Waals surface area contributed by atoms with Crippen LogP contribution in [0.2, 0.25) is 0 Å². The molecule has 1 aromatic rings. The fourth-order valence-corrected chi connectivity index (χ4v) is 5.97. The quantitative estimate of drug-likeness (QED) is 0.431. The number of ketones is 1. The number of epoxide rings is 1. The van der Waals surface area contributed by atoms with Crippen LogP contribution in [0.4, 0.5) is 0 Å². The highest BCUT2D eigenvalue weighted by Crippen LogP contribution is 2.48. The highest BCUT2D eigenvalue weighted by Gasteiger charge is 2.56. The summed E-state index contributed by atoms with van der Waals surface area (Å²) < 4.78 is 12.2. The van der Waals surface area contributed by atoms with Gasteiger partial charge in [-0.15, -0.1) is 11.3 Å². The molecule has 2 N–H and O–H groups in total. The maximum atomic E-state index is 13.2. The summed E-state index contributed by atoms with van der Waals surface area (Å²) in [6.45, 7) is 12.9. The van der Waals surface area contributed by atoms with Crippen LogP contribution in [0.3, 0.4) is 0 Å². The molecular weight excluding hydrogens is 478 g/mol. The number of hydrogen-bond donors (Lipinski definition) is 2. The fraction of sp³-hybridized carbons (Fsp3) is 0.750. The van der Waals surface area contributed by atoms with Crippen molar-refractivity contribution in [1.29, 1.82) is 0 Å². The monoisotopic (exact) mass is 521 g/mol. The largest absolute Gasteiger partial charge is 0.458 e. The molecule has 36 heavy (non-hydrogen) atoms. The number of hydrogen-bond acceptors (Lipinski definition) is 8. The Balaban J connectivity index is 1.89. The Kier molecular flexibility index (Phi) is 9.18. The van der Waals surface area contributed by atoms with E-state index in [0.717, 1.165) is 42.0 Å². The first-order valence-corrected chi connectivity index (χ1v) is 14.1. The molecule has 0 unspecified atom stereocenters. The van der Waals surface area contributed by atoms with Crippen LogP contribution in [0.5, 0.6) is 0 Å². The summed E-state index contributed by atoms with van der Waals surface area (Å²) in [4.78, 5) is 30.8. The normalized spacial score (nSPS) is 36.8. The molecule has 0 radical (unpaired) electrons. The molecule has 0 amide bonds.